The molecule has 0 radical (unpaired) electrons. The number of hydrogen-bond donors (Lipinski definition) is 1. The van der Waals surface area contributed by atoms with Crippen molar-refractivity contribution in [1.29, 1.82) is 0 Å². The molecule has 0 bridgehead atoms. The van der Waals surface area contributed by atoms with E-state index in [1.54, 1.807) is 6.08 Å². The normalized spacial score (nSPS) is 14.5. The van der Waals surface area contributed by atoms with E-state index in [1.165, 1.54) is 109 Å². The number of carbonyl (C=O) groups is 2. The number of carbonyl (C=O) groups excluding carboxylic acids is 2. The van der Waals surface area contributed by atoms with E-state index in [2.05, 4.69) is 80.8 Å². The zero-order valence-corrected chi connectivity index (χ0v) is 44.3. The van der Waals surface area contributed by atoms with Gasteiger partial charge in [0.2, 0.25) is 5.91 Å². The second-order valence-electron chi connectivity index (χ2n) is 19.1. The van der Waals surface area contributed by atoms with Crippen LogP contribution in [0.3, 0.4) is 0 Å². The Morgan fingerprint density at radius 3 is 1.59 bits per heavy atom. The maximum atomic E-state index is 13.4. The van der Waals surface area contributed by atoms with Gasteiger partial charge in [0.05, 0.1) is 33.8 Å². The van der Waals surface area contributed by atoms with Gasteiger partial charge in [-0.1, -0.05) is 210 Å². The van der Waals surface area contributed by atoms with E-state index in [-0.39, 0.29) is 18.9 Å². The third kappa shape index (κ3) is 46.6. The molecule has 0 spiro atoms. The molecule has 1 amide bonds. The Hall–Kier alpha value is -2.55. The highest BCUT2D eigenvalue weighted by Crippen LogP contribution is 2.38. The number of nitrogens with zero attached hydrogens (tertiary/aromatic N) is 1. The molecule has 0 aromatic heterocycles. The van der Waals surface area contributed by atoms with E-state index in [9.17, 15) is 19.0 Å². The van der Waals surface area contributed by atoms with Gasteiger partial charge >= 0.3 is 5.97 Å². The van der Waals surface area contributed by atoms with Crippen LogP contribution < -0.4 is 10.2 Å². The minimum atomic E-state index is -4.71. The molecule has 0 rings (SSSR count). The molecule has 0 heterocycles. The lowest BCUT2D eigenvalue weighted by Crippen LogP contribution is -2.47. The molecule has 0 fully saturated rings. The molecule has 3 unspecified atom stereocenters. The Morgan fingerprint density at radius 2 is 1.05 bits per heavy atom. The topological polar surface area (TPSA) is 114 Å². The first-order valence-electron chi connectivity index (χ1n) is 26.8. The van der Waals surface area contributed by atoms with E-state index in [1.807, 2.05) is 33.3 Å². The first-order valence-corrected chi connectivity index (χ1v) is 28.2. The molecule has 0 aliphatic rings. The number of phosphoric ester groups is 1. The highest BCUT2D eigenvalue weighted by atomic mass is 31.2. The molecule has 9 nitrogen and oxygen atoms in total. The van der Waals surface area contributed by atoms with Gasteiger partial charge in [0, 0.05) is 12.8 Å². The monoisotopic (exact) mass is 945 g/mol. The van der Waals surface area contributed by atoms with E-state index >= 15 is 0 Å². The molecule has 0 aromatic carbocycles. The zero-order chi connectivity index (χ0) is 48.7. The van der Waals surface area contributed by atoms with Crippen LogP contribution in [0.1, 0.15) is 220 Å². The molecular formula is C56H101N2O7P. The average molecular weight is 945 g/mol. The molecule has 10 heteroatoms. The Bertz CT molecular complexity index is 1370. The number of quaternary nitrogens is 1. The zero-order valence-electron chi connectivity index (χ0n) is 43.4. The molecule has 0 saturated carbocycles. The van der Waals surface area contributed by atoms with Crippen molar-refractivity contribution < 1.29 is 37.3 Å². The number of amides is 1. The third-order valence-corrected chi connectivity index (χ3v) is 12.4. The largest absolute Gasteiger partial charge is 0.756 e. The van der Waals surface area contributed by atoms with Crippen molar-refractivity contribution in [3.8, 4) is 0 Å². The summed E-state index contributed by atoms with van der Waals surface area (Å²) in [6.45, 7) is 6.63. The Morgan fingerprint density at radius 1 is 0.561 bits per heavy atom. The van der Waals surface area contributed by atoms with Gasteiger partial charge in [-0.05, 0) is 70.3 Å². The molecule has 0 aliphatic heterocycles. The maximum Gasteiger partial charge on any atom is 0.306 e. The molecule has 0 aliphatic carbocycles. The number of rotatable bonds is 47. The summed E-state index contributed by atoms with van der Waals surface area (Å²) < 4.78 is 30.1. The first kappa shape index (κ1) is 63.5. The van der Waals surface area contributed by atoms with Crippen molar-refractivity contribution in [2.24, 2.45) is 0 Å². The molecular weight excluding hydrogens is 844 g/mol. The fraction of sp³-hybridized carbons (Fsp3) is 0.750. The lowest BCUT2D eigenvalue weighted by Gasteiger charge is -2.30. The summed E-state index contributed by atoms with van der Waals surface area (Å²) in [5.41, 5.74) is 0. The van der Waals surface area contributed by atoms with E-state index in [0.29, 0.717) is 23.9 Å². The summed E-state index contributed by atoms with van der Waals surface area (Å²) in [7, 11) is 1.14. The van der Waals surface area contributed by atoms with Gasteiger partial charge in [0.25, 0.3) is 7.82 Å². The number of ether oxygens (including phenoxy) is 1. The van der Waals surface area contributed by atoms with Gasteiger partial charge in [-0.15, -0.1) is 0 Å². The highest BCUT2D eigenvalue weighted by molar-refractivity contribution is 7.45. The van der Waals surface area contributed by atoms with E-state index in [0.717, 1.165) is 70.6 Å². The van der Waals surface area contributed by atoms with Crippen LogP contribution in [0, 0.1) is 0 Å². The number of hydrogen-bond acceptors (Lipinski definition) is 7. The number of unbranched alkanes of at least 4 members (excludes halogenated alkanes) is 23. The van der Waals surface area contributed by atoms with Gasteiger partial charge in [-0.2, -0.15) is 0 Å². The second-order valence-corrected chi connectivity index (χ2v) is 20.5. The third-order valence-electron chi connectivity index (χ3n) is 11.4. The van der Waals surface area contributed by atoms with Crippen LogP contribution in [0.5, 0.6) is 0 Å². The summed E-state index contributed by atoms with van der Waals surface area (Å²) in [6, 6.07) is -0.917. The lowest BCUT2D eigenvalue weighted by molar-refractivity contribution is -0.870. The van der Waals surface area contributed by atoms with Crippen LogP contribution in [0.4, 0.5) is 0 Å². The van der Waals surface area contributed by atoms with Crippen LogP contribution in [0.2, 0.25) is 0 Å². The van der Waals surface area contributed by atoms with Gasteiger partial charge in [-0.3, -0.25) is 14.2 Å². The fourth-order valence-corrected chi connectivity index (χ4v) is 8.00. The summed E-state index contributed by atoms with van der Waals surface area (Å²) >= 11 is 0. The molecule has 0 aromatic rings. The SMILES string of the molecule is CC/C=C/C=C/C=C/CCCCCCCCCC(=O)NC(COP(=O)([O-])OCC[N+](C)(C)C)C(/C=C/CCCCCCCCCCCC)OC(=O)CC/C=C/C/C=C\CCCCCCCC. The Kier molecular flexibility index (Phi) is 44.4. The van der Waals surface area contributed by atoms with Crippen molar-refractivity contribution in [1.82, 2.24) is 5.32 Å². The molecule has 0 saturated heterocycles. The van der Waals surface area contributed by atoms with Crippen molar-refractivity contribution in [3.05, 3.63) is 72.9 Å². The minimum Gasteiger partial charge on any atom is -0.756 e. The average Bonchev–Trinajstić information content (AvgIpc) is 3.27. The Labute approximate surface area is 406 Å². The van der Waals surface area contributed by atoms with Crippen LogP contribution in [0.15, 0.2) is 72.9 Å². The van der Waals surface area contributed by atoms with Gasteiger partial charge in [0.1, 0.15) is 19.3 Å². The minimum absolute atomic E-state index is 0.0350. The van der Waals surface area contributed by atoms with E-state index in [4.69, 9.17) is 13.8 Å². The highest BCUT2D eigenvalue weighted by Gasteiger charge is 2.27. The lowest BCUT2D eigenvalue weighted by atomic mass is 10.0. The van der Waals surface area contributed by atoms with Crippen molar-refractivity contribution in [2.75, 3.05) is 40.9 Å². The van der Waals surface area contributed by atoms with Crippen molar-refractivity contribution in [2.45, 2.75) is 232 Å². The predicted octanol–water partition coefficient (Wildman–Crippen LogP) is 15.1. The van der Waals surface area contributed by atoms with Crippen molar-refractivity contribution >= 4 is 19.7 Å². The van der Waals surface area contributed by atoms with E-state index < -0.39 is 32.5 Å². The second kappa shape index (κ2) is 46.2. The predicted molar refractivity (Wildman–Crippen MR) is 279 cm³/mol. The van der Waals surface area contributed by atoms with Gasteiger partial charge < -0.3 is 28.5 Å². The molecule has 3 atom stereocenters. The van der Waals surface area contributed by atoms with Gasteiger partial charge in [-0.25, -0.2) is 0 Å². The van der Waals surface area contributed by atoms with Crippen LogP contribution in [0.25, 0.3) is 0 Å². The summed E-state index contributed by atoms with van der Waals surface area (Å²) in [5, 5.41) is 2.99. The number of likely N-dealkylation sites (N-methyl/N-ethyl adjacent to an activating group) is 1. The van der Waals surface area contributed by atoms with Crippen LogP contribution in [-0.2, 0) is 27.9 Å². The first-order chi connectivity index (χ1) is 31.9. The summed E-state index contributed by atoms with van der Waals surface area (Å²) in [6.07, 6.45) is 57.4. The number of esters is 1. The molecule has 66 heavy (non-hydrogen) atoms. The number of allylic oxidation sites excluding steroid dienone is 11. The van der Waals surface area contributed by atoms with Gasteiger partial charge in [0.15, 0.2) is 0 Å². The van der Waals surface area contributed by atoms with Crippen LogP contribution in [-0.4, -0.2) is 69.4 Å². The molecule has 382 valence electrons. The quantitative estimate of drug-likeness (QED) is 0.0161. The summed E-state index contributed by atoms with van der Waals surface area (Å²) in [4.78, 5) is 39.7. The smallest absolute Gasteiger partial charge is 0.306 e. The van der Waals surface area contributed by atoms with Crippen molar-refractivity contribution in [3.63, 3.8) is 0 Å². The number of nitrogens with one attached hydrogen (secondary N) is 1. The standard InChI is InChI=1S/C56H101N2O7P/c1-7-10-13-16-19-22-25-28-29-31-33-36-39-42-45-48-55(59)57-53(52-64-66(61,62)63-51-50-58(4,5)6)54(47-44-41-38-35-32-27-24-21-18-15-12-9-3)65-56(60)49-46-43-40-37-34-30-26-23-20-17-14-11-8-2/h10,13,16,19,22,25,30,34,40,43-44,47,53-54H,7-9,11-12,14-15,17-18,20-21,23-24,26-29,31-33,35-39,41-42,45-46,48-52H2,1-6H3,(H-,57,59,61,62)/b13-10+,19-16+,25-22+,34-30-,43-40+,47-44+. The summed E-state index contributed by atoms with van der Waals surface area (Å²) in [5.74, 6) is -0.638. The van der Waals surface area contributed by atoms with Crippen LogP contribution >= 0.6 is 7.82 Å². The Balaban J connectivity index is 5.50. The molecule has 1 N–H and O–H groups in total. The maximum absolute atomic E-state index is 13.4. The fourth-order valence-electron chi connectivity index (χ4n) is 7.28. The number of phosphoric acid groups is 1.